The highest BCUT2D eigenvalue weighted by atomic mass is 32.2. The fourth-order valence-corrected chi connectivity index (χ4v) is 3.76. The zero-order valence-electron chi connectivity index (χ0n) is 12.3. The molecule has 22 heavy (non-hydrogen) atoms. The van der Waals surface area contributed by atoms with Crippen molar-refractivity contribution in [1.82, 2.24) is 14.8 Å². The molecule has 0 aliphatic carbocycles. The zero-order valence-corrected chi connectivity index (χ0v) is 13.9. The Morgan fingerprint density at radius 3 is 2.73 bits per heavy atom. The molecule has 0 radical (unpaired) electrons. The van der Waals surface area contributed by atoms with Crippen molar-refractivity contribution in [3.8, 4) is 5.69 Å². The summed E-state index contributed by atoms with van der Waals surface area (Å²) >= 11 is 3.02. The first-order valence-corrected chi connectivity index (χ1v) is 8.64. The van der Waals surface area contributed by atoms with Crippen LogP contribution in [0.15, 0.2) is 47.9 Å². The summed E-state index contributed by atoms with van der Waals surface area (Å²) in [6, 6.07) is 11.8. The van der Waals surface area contributed by atoms with Crippen molar-refractivity contribution < 1.29 is 4.79 Å². The highest BCUT2D eigenvalue weighted by molar-refractivity contribution is 7.99. The lowest BCUT2D eigenvalue weighted by Crippen LogP contribution is -2.02. The minimum Gasteiger partial charge on any atom is -0.293 e. The Labute approximate surface area is 137 Å². The molecule has 0 atom stereocenters. The van der Waals surface area contributed by atoms with Gasteiger partial charge in [0.15, 0.2) is 5.78 Å². The number of thiophene rings is 1. The maximum Gasteiger partial charge on any atom is 0.209 e. The molecule has 0 aliphatic rings. The van der Waals surface area contributed by atoms with Gasteiger partial charge in [-0.1, -0.05) is 30.0 Å². The molecule has 0 saturated carbocycles. The minimum absolute atomic E-state index is 0.128. The number of Topliss-reactive ketones (excluding diaryl/α,β-unsaturated/α-hetero) is 1. The van der Waals surface area contributed by atoms with Crippen LogP contribution < -0.4 is 0 Å². The number of ketones is 1. The van der Waals surface area contributed by atoms with Gasteiger partial charge in [0.05, 0.1) is 11.4 Å². The summed E-state index contributed by atoms with van der Waals surface area (Å²) in [7, 11) is 0. The van der Waals surface area contributed by atoms with Gasteiger partial charge >= 0.3 is 0 Å². The van der Waals surface area contributed by atoms with Crippen molar-refractivity contribution in [2.24, 2.45) is 0 Å². The molecule has 0 fully saturated rings. The lowest BCUT2D eigenvalue weighted by atomic mass is 10.2. The Morgan fingerprint density at radius 1 is 1.27 bits per heavy atom. The molecule has 4 nitrogen and oxygen atoms in total. The highest BCUT2D eigenvalue weighted by Crippen LogP contribution is 2.23. The van der Waals surface area contributed by atoms with E-state index in [1.165, 1.54) is 11.8 Å². The summed E-state index contributed by atoms with van der Waals surface area (Å²) in [5.74, 6) is 0.485. The number of nitrogens with zero attached hydrogens (tertiary/aromatic N) is 3. The summed E-state index contributed by atoms with van der Waals surface area (Å²) in [4.78, 5) is 18.7. The quantitative estimate of drug-likeness (QED) is 0.526. The van der Waals surface area contributed by atoms with Gasteiger partial charge in [0.2, 0.25) is 5.16 Å². The van der Waals surface area contributed by atoms with E-state index in [0.29, 0.717) is 10.9 Å². The Hall–Kier alpha value is -1.92. The monoisotopic (exact) mass is 329 g/mol. The number of para-hydroxylation sites is 1. The SMILES string of the molecule is Cc1cc(C(=O)CSc2ncn(-c3ccccc3)n2)c(C)s1. The van der Waals surface area contributed by atoms with Gasteiger partial charge < -0.3 is 0 Å². The van der Waals surface area contributed by atoms with E-state index < -0.39 is 0 Å². The zero-order chi connectivity index (χ0) is 15.5. The van der Waals surface area contributed by atoms with E-state index in [9.17, 15) is 4.79 Å². The van der Waals surface area contributed by atoms with Crippen LogP contribution in [-0.4, -0.2) is 26.3 Å². The third-order valence-corrected chi connectivity index (χ3v) is 4.98. The second-order valence-corrected chi connectivity index (χ2v) is 7.25. The molecule has 0 aliphatic heterocycles. The molecule has 3 aromatic rings. The topological polar surface area (TPSA) is 47.8 Å². The summed E-state index contributed by atoms with van der Waals surface area (Å²) in [6.07, 6.45) is 1.67. The number of aromatic nitrogens is 3. The Kier molecular flexibility index (Phi) is 4.40. The van der Waals surface area contributed by atoms with E-state index in [4.69, 9.17) is 0 Å². The van der Waals surface area contributed by atoms with Crippen LogP contribution in [0.2, 0.25) is 0 Å². The van der Waals surface area contributed by atoms with E-state index in [1.54, 1.807) is 22.3 Å². The molecular weight excluding hydrogens is 314 g/mol. The fraction of sp³-hybridized carbons (Fsp3) is 0.188. The number of hydrogen-bond donors (Lipinski definition) is 0. The van der Waals surface area contributed by atoms with Gasteiger partial charge in [0, 0.05) is 15.3 Å². The lowest BCUT2D eigenvalue weighted by molar-refractivity contribution is 0.102. The molecule has 0 bridgehead atoms. The fourth-order valence-electron chi connectivity index (χ4n) is 2.13. The van der Waals surface area contributed by atoms with E-state index in [2.05, 4.69) is 10.1 Å². The first kappa shape index (κ1) is 15.0. The van der Waals surface area contributed by atoms with Crippen molar-refractivity contribution in [2.45, 2.75) is 19.0 Å². The molecule has 112 valence electrons. The number of benzene rings is 1. The summed E-state index contributed by atoms with van der Waals surface area (Å²) < 4.78 is 1.72. The van der Waals surface area contributed by atoms with Crippen LogP contribution in [0.1, 0.15) is 20.1 Å². The van der Waals surface area contributed by atoms with Crippen LogP contribution in [0.4, 0.5) is 0 Å². The van der Waals surface area contributed by atoms with Crippen molar-refractivity contribution in [3.05, 3.63) is 58.0 Å². The Balaban J connectivity index is 1.66. The Bertz CT molecular complexity index is 793. The largest absolute Gasteiger partial charge is 0.293 e. The Morgan fingerprint density at radius 2 is 2.05 bits per heavy atom. The molecule has 6 heteroatoms. The number of aryl methyl sites for hydroxylation is 2. The molecule has 1 aromatic carbocycles. The summed E-state index contributed by atoms with van der Waals surface area (Å²) in [5, 5.41) is 5.01. The average Bonchev–Trinajstić information content (AvgIpc) is 3.12. The molecular formula is C16H15N3OS2. The van der Waals surface area contributed by atoms with E-state index >= 15 is 0 Å². The molecule has 0 unspecified atom stereocenters. The number of thioether (sulfide) groups is 1. The normalized spacial score (nSPS) is 10.8. The summed E-state index contributed by atoms with van der Waals surface area (Å²) in [5.41, 5.74) is 1.77. The predicted octanol–water partition coefficient (Wildman–Crippen LogP) is 3.92. The number of carbonyl (C=O) groups excluding carboxylic acids is 1. The van der Waals surface area contributed by atoms with Gasteiger partial charge in [0.25, 0.3) is 0 Å². The van der Waals surface area contributed by atoms with E-state index in [1.807, 2.05) is 50.2 Å². The van der Waals surface area contributed by atoms with Crippen LogP contribution >= 0.6 is 23.1 Å². The maximum atomic E-state index is 12.3. The maximum absolute atomic E-state index is 12.3. The molecule has 0 amide bonds. The molecule has 0 N–H and O–H groups in total. The lowest BCUT2D eigenvalue weighted by Gasteiger charge is -1.99. The highest BCUT2D eigenvalue weighted by Gasteiger charge is 2.13. The van der Waals surface area contributed by atoms with Crippen molar-refractivity contribution in [1.29, 1.82) is 0 Å². The van der Waals surface area contributed by atoms with Gasteiger partial charge in [-0.15, -0.1) is 16.4 Å². The molecule has 2 aromatic heterocycles. The number of hydrogen-bond acceptors (Lipinski definition) is 5. The predicted molar refractivity (Wildman–Crippen MR) is 90.2 cm³/mol. The standard InChI is InChI=1S/C16H15N3OS2/c1-11-8-14(12(2)22-11)15(20)9-21-16-17-10-19(18-16)13-6-4-3-5-7-13/h3-8,10H,9H2,1-2H3. The number of carbonyl (C=O) groups is 1. The smallest absolute Gasteiger partial charge is 0.209 e. The third-order valence-electron chi connectivity index (χ3n) is 3.17. The van der Waals surface area contributed by atoms with Crippen molar-refractivity contribution in [3.63, 3.8) is 0 Å². The molecule has 0 spiro atoms. The first-order valence-electron chi connectivity index (χ1n) is 6.83. The van der Waals surface area contributed by atoms with Crippen LogP contribution in [0.3, 0.4) is 0 Å². The van der Waals surface area contributed by atoms with E-state index in [-0.39, 0.29) is 5.78 Å². The van der Waals surface area contributed by atoms with Gasteiger partial charge in [-0.05, 0) is 32.0 Å². The van der Waals surface area contributed by atoms with Gasteiger partial charge in [-0.2, -0.15) is 0 Å². The number of rotatable bonds is 5. The second-order valence-electron chi connectivity index (χ2n) is 4.85. The van der Waals surface area contributed by atoms with Crippen molar-refractivity contribution >= 4 is 28.9 Å². The van der Waals surface area contributed by atoms with Crippen molar-refractivity contribution in [2.75, 3.05) is 5.75 Å². The molecule has 2 heterocycles. The minimum atomic E-state index is 0.128. The van der Waals surface area contributed by atoms with Gasteiger partial charge in [-0.3, -0.25) is 4.79 Å². The molecule has 0 saturated heterocycles. The van der Waals surface area contributed by atoms with Gasteiger partial charge in [-0.25, -0.2) is 9.67 Å². The molecule has 3 rings (SSSR count). The summed E-state index contributed by atoms with van der Waals surface area (Å²) in [6.45, 7) is 4.00. The average molecular weight is 329 g/mol. The van der Waals surface area contributed by atoms with Crippen LogP contribution in [-0.2, 0) is 0 Å². The first-order chi connectivity index (χ1) is 10.6. The van der Waals surface area contributed by atoms with E-state index in [0.717, 1.165) is 21.0 Å². The van der Waals surface area contributed by atoms with Gasteiger partial charge in [0.1, 0.15) is 6.33 Å². The van der Waals surface area contributed by atoms with Crippen LogP contribution in [0.5, 0.6) is 0 Å². The van der Waals surface area contributed by atoms with Crippen LogP contribution in [0, 0.1) is 13.8 Å². The third kappa shape index (κ3) is 3.28. The van der Waals surface area contributed by atoms with Crippen LogP contribution in [0.25, 0.3) is 5.69 Å². The second kappa shape index (κ2) is 6.46.